The molecule has 0 unspecified atom stereocenters. The van der Waals surface area contributed by atoms with Gasteiger partial charge < -0.3 is 4.74 Å². The molecule has 0 aromatic carbocycles. The van der Waals surface area contributed by atoms with E-state index in [0.29, 0.717) is 18.2 Å². The number of ether oxygens (including phenoxy) is 1. The van der Waals surface area contributed by atoms with Crippen molar-refractivity contribution in [3.05, 3.63) is 29.7 Å². The third-order valence-electron chi connectivity index (χ3n) is 1.14. The Bertz CT molecular complexity index is 260. The van der Waals surface area contributed by atoms with Crippen molar-refractivity contribution < 1.29 is 4.74 Å². The molecule has 0 aliphatic carbocycles. The number of nitrogens with zero attached hydrogens (tertiary/aromatic N) is 2. The van der Waals surface area contributed by atoms with Crippen molar-refractivity contribution in [3.8, 4) is 5.88 Å². The van der Waals surface area contributed by atoms with Crippen LogP contribution in [0.3, 0.4) is 0 Å². The number of hydrogen-bond donors (Lipinski definition) is 0. The summed E-state index contributed by atoms with van der Waals surface area (Å²) in [5, 5.41) is 0. The summed E-state index contributed by atoms with van der Waals surface area (Å²) in [5.74, 6) is 0.569. The molecule has 56 valence electrons. The molecule has 0 saturated carbocycles. The zero-order valence-corrected chi connectivity index (χ0v) is 6.24. The molecular formula is C8H8N2O. The van der Waals surface area contributed by atoms with Crippen molar-refractivity contribution in [2.75, 3.05) is 6.61 Å². The predicted molar refractivity (Wildman–Crippen MR) is 41.7 cm³/mol. The van der Waals surface area contributed by atoms with Gasteiger partial charge in [-0.3, -0.25) is 0 Å². The summed E-state index contributed by atoms with van der Waals surface area (Å²) in [6.07, 6.45) is 1.50. The van der Waals surface area contributed by atoms with Gasteiger partial charge in [0.15, 0.2) is 0 Å². The highest BCUT2D eigenvalue weighted by Crippen LogP contribution is 2.13. The lowest BCUT2D eigenvalue weighted by molar-refractivity contribution is 0.327. The normalized spacial score (nSPS) is 8.73. The first-order valence-corrected chi connectivity index (χ1v) is 3.33. The van der Waals surface area contributed by atoms with Gasteiger partial charge in [-0.25, -0.2) is 9.83 Å². The molecular weight excluding hydrogens is 140 g/mol. The number of hydrogen-bond acceptors (Lipinski definition) is 2. The fourth-order valence-corrected chi connectivity index (χ4v) is 0.672. The van der Waals surface area contributed by atoms with Crippen molar-refractivity contribution in [1.82, 2.24) is 4.98 Å². The van der Waals surface area contributed by atoms with Gasteiger partial charge >= 0.3 is 0 Å². The molecule has 0 radical (unpaired) electrons. The molecule has 0 saturated heterocycles. The average Bonchev–Trinajstić information content (AvgIpc) is 2.07. The molecule has 0 atom stereocenters. The summed E-state index contributed by atoms with van der Waals surface area (Å²) < 4.78 is 5.09. The second-order valence-electron chi connectivity index (χ2n) is 1.90. The first kappa shape index (κ1) is 7.55. The van der Waals surface area contributed by atoms with Gasteiger partial charge in [0.25, 0.3) is 0 Å². The van der Waals surface area contributed by atoms with Gasteiger partial charge in [0.05, 0.1) is 13.2 Å². The van der Waals surface area contributed by atoms with Gasteiger partial charge in [0.2, 0.25) is 11.6 Å². The van der Waals surface area contributed by atoms with E-state index in [4.69, 9.17) is 11.3 Å². The average molecular weight is 148 g/mol. The van der Waals surface area contributed by atoms with Crippen LogP contribution >= 0.6 is 0 Å². The summed E-state index contributed by atoms with van der Waals surface area (Å²) in [7, 11) is 0. The quantitative estimate of drug-likeness (QED) is 0.600. The van der Waals surface area contributed by atoms with Crippen LogP contribution in [0.1, 0.15) is 6.92 Å². The Morgan fingerprint density at radius 1 is 1.64 bits per heavy atom. The molecule has 1 heterocycles. The van der Waals surface area contributed by atoms with E-state index in [0.717, 1.165) is 0 Å². The van der Waals surface area contributed by atoms with Gasteiger partial charge in [-0.15, -0.1) is 0 Å². The monoisotopic (exact) mass is 148 g/mol. The smallest absolute Gasteiger partial charge is 0.210 e. The van der Waals surface area contributed by atoms with Crippen LogP contribution in [0.4, 0.5) is 5.69 Å². The van der Waals surface area contributed by atoms with Crippen molar-refractivity contribution >= 4 is 5.69 Å². The largest absolute Gasteiger partial charge is 0.478 e. The van der Waals surface area contributed by atoms with E-state index in [1.165, 1.54) is 6.20 Å². The minimum absolute atomic E-state index is 0.536. The molecule has 3 nitrogen and oxygen atoms in total. The summed E-state index contributed by atoms with van der Waals surface area (Å²) in [5.41, 5.74) is 0.536. The van der Waals surface area contributed by atoms with Crippen molar-refractivity contribution in [1.29, 1.82) is 0 Å². The Labute approximate surface area is 65.5 Å². The van der Waals surface area contributed by atoms with Crippen LogP contribution in [-0.4, -0.2) is 11.6 Å². The van der Waals surface area contributed by atoms with E-state index in [2.05, 4.69) is 9.83 Å². The molecule has 1 aromatic heterocycles. The number of rotatable bonds is 2. The topological polar surface area (TPSA) is 26.5 Å². The highest BCUT2D eigenvalue weighted by Gasteiger charge is 1.92. The van der Waals surface area contributed by atoms with Gasteiger partial charge in [-0.1, -0.05) is 0 Å². The number of aromatic nitrogens is 1. The zero-order valence-electron chi connectivity index (χ0n) is 6.24. The second kappa shape index (κ2) is 3.57. The standard InChI is InChI=1S/C8H8N2O/c1-3-11-8-5-4-7(9-2)6-10-8/h4-6H,3H2,1H3. The predicted octanol–water partition coefficient (Wildman–Crippen LogP) is 2.03. The van der Waals surface area contributed by atoms with Gasteiger partial charge in [0, 0.05) is 6.20 Å². The van der Waals surface area contributed by atoms with E-state index < -0.39 is 0 Å². The van der Waals surface area contributed by atoms with Crippen LogP contribution in [0.15, 0.2) is 18.3 Å². The van der Waals surface area contributed by atoms with E-state index >= 15 is 0 Å². The molecule has 1 aromatic rings. The SMILES string of the molecule is [C-]#[N+]c1ccc(OCC)nc1. The summed E-state index contributed by atoms with van der Waals surface area (Å²) in [6, 6.07) is 3.38. The van der Waals surface area contributed by atoms with Crippen LogP contribution in [0, 0.1) is 6.57 Å². The van der Waals surface area contributed by atoms with Crippen LogP contribution in [-0.2, 0) is 0 Å². The molecule has 0 aliphatic rings. The minimum Gasteiger partial charge on any atom is -0.478 e. The van der Waals surface area contributed by atoms with Crippen LogP contribution in [0.5, 0.6) is 5.88 Å². The maximum atomic E-state index is 6.66. The molecule has 0 N–H and O–H groups in total. The Morgan fingerprint density at radius 3 is 2.91 bits per heavy atom. The van der Waals surface area contributed by atoms with Crippen molar-refractivity contribution in [3.63, 3.8) is 0 Å². The van der Waals surface area contributed by atoms with E-state index in [1.54, 1.807) is 12.1 Å². The van der Waals surface area contributed by atoms with Crippen LogP contribution in [0.2, 0.25) is 0 Å². The summed E-state index contributed by atoms with van der Waals surface area (Å²) in [4.78, 5) is 7.11. The lowest BCUT2D eigenvalue weighted by atomic mass is 10.4. The molecule has 0 spiro atoms. The van der Waals surface area contributed by atoms with Crippen LogP contribution in [0.25, 0.3) is 4.85 Å². The maximum Gasteiger partial charge on any atom is 0.210 e. The molecule has 3 heteroatoms. The third kappa shape index (κ3) is 1.94. The van der Waals surface area contributed by atoms with Gasteiger partial charge in [-0.05, 0) is 19.1 Å². The Morgan fingerprint density at radius 2 is 2.45 bits per heavy atom. The van der Waals surface area contributed by atoms with Crippen molar-refractivity contribution in [2.24, 2.45) is 0 Å². The summed E-state index contributed by atoms with van der Waals surface area (Å²) in [6.45, 7) is 9.16. The molecule has 0 fully saturated rings. The highest BCUT2D eigenvalue weighted by atomic mass is 16.5. The Hall–Kier alpha value is -1.56. The third-order valence-corrected chi connectivity index (χ3v) is 1.14. The maximum absolute atomic E-state index is 6.66. The highest BCUT2D eigenvalue weighted by molar-refractivity contribution is 5.42. The fraction of sp³-hybridized carbons (Fsp3) is 0.250. The lowest BCUT2D eigenvalue weighted by Crippen LogP contribution is -1.92. The molecule has 1 rings (SSSR count). The van der Waals surface area contributed by atoms with Crippen LogP contribution < -0.4 is 4.74 Å². The molecule has 0 aliphatic heterocycles. The minimum atomic E-state index is 0.536. The van der Waals surface area contributed by atoms with E-state index in [-0.39, 0.29) is 0 Å². The molecule has 0 bridgehead atoms. The zero-order chi connectivity index (χ0) is 8.10. The number of pyridine rings is 1. The Balaban J connectivity index is 2.76. The molecule has 0 amide bonds. The lowest BCUT2D eigenvalue weighted by Gasteiger charge is -1.99. The van der Waals surface area contributed by atoms with E-state index in [1.807, 2.05) is 6.92 Å². The van der Waals surface area contributed by atoms with Gasteiger partial charge in [-0.2, -0.15) is 0 Å². The first-order chi connectivity index (χ1) is 5.36. The summed E-state index contributed by atoms with van der Waals surface area (Å²) >= 11 is 0. The van der Waals surface area contributed by atoms with Crippen molar-refractivity contribution in [2.45, 2.75) is 6.92 Å². The van der Waals surface area contributed by atoms with Gasteiger partial charge in [0.1, 0.15) is 0 Å². The second-order valence-corrected chi connectivity index (χ2v) is 1.90. The van der Waals surface area contributed by atoms with E-state index in [9.17, 15) is 0 Å². The fourth-order valence-electron chi connectivity index (χ4n) is 0.672. The Kier molecular flexibility index (Phi) is 2.45. The first-order valence-electron chi connectivity index (χ1n) is 3.33. The molecule has 11 heavy (non-hydrogen) atoms.